The van der Waals surface area contributed by atoms with Gasteiger partial charge in [-0.3, -0.25) is 14.5 Å². The zero-order valence-corrected chi connectivity index (χ0v) is 12.6. The van der Waals surface area contributed by atoms with Crippen LogP contribution < -0.4 is 5.32 Å². The average Bonchev–Trinajstić information content (AvgIpc) is 2.54. The Balaban J connectivity index is 2.34. The lowest BCUT2D eigenvalue weighted by atomic mass is 10.1. The minimum Gasteiger partial charge on any atom is -0.466 e. The summed E-state index contributed by atoms with van der Waals surface area (Å²) in [6, 6.07) is -0.362. The molecule has 1 aliphatic heterocycles. The number of nitrogens with one attached hydrogen (secondary N) is 1. The van der Waals surface area contributed by atoms with Crippen LogP contribution in [0, 0.1) is 0 Å². The van der Waals surface area contributed by atoms with Crippen LogP contribution in [-0.4, -0.2) is 66.5 Å². The summed E-state index contributed by atoms with van der Waals surface area (Å²) in [4.78, 5) is 37.9. The van der Waals surface area contributed by atoms with E-state index in [2.05, 4.69) is 5.32 Å². The third-order valence-corrected chi connectivity index (χ3v) is 3.15. The number of carbonyl (C=O) groups is 3. The highest BCUT2D eigenvalue weighted by molar-refractivity contribution is 6.06. The molecule has 0 saturated carbocycles. The summed E-state index contributed by atoms with van der Waals surface area (Å²) in [6.45, 7) is 6.87. The van der Waals surface area contributed by atoms with Crippen LogP contribution in [0.25, 0.3) is 0 Å². The zero-order chi connectivity index (χ0) is 15.3. The highest BCUT2D eigenvalue weighted by Crippen LogP contribution is 2.16. The van der Waals surface area contributed by atoms with E-state index in [0.29, 0.717) is 32.7 Å². The highest BCUT2D eigenvalue weighted by atomic mass is 16.5. The maximum Gasteiger partial charge on any atom is 0.325 e. The molecule has 0 unspecified atom stereocenters. The average molecular weight is 285 g/mol. The van der Waals surface area contributed by atoms with E-state index in [1.165, 1.54) is 4.90 Å². The summed E-state index contributed by atoms with van der Waals surface area (Å²) in [6.07, 6.45) is 0.302. The van der Waals surface area contributed by atoms with Crippen molar-refractivity contribution in [1.29, 1.82) is 0 Å². The fourth-order valence-corrected chi connectivity index (χ4v) is 1.92. The van der Waals surface area contributed by atoms with Crippen LogP contribution in [0.2, 0.25) is 0 Å². The summed E-state index contributed by atoms with van der Waals surface area (Å²) in [5, 5.41) is 2.63. The minimum atomic E-state index is -0.833. The van der Waals surface area contributed by atoms with Crippen LogP contribution in [-0.2, 0) is 14.3 Å². The van der Waals surface area contributed by atoms with Gasteiger partial charge in [0.25, 0.3) is 5.91 Å². The van der Waals surface area contributed by atoms with E-state index in [-0.39, 0.29) is 17.9 Å². The Bertz CT molecular complexity index is 395. The summed E-state index contributed by atoms with van der Waals surface area (Å²) in [5.74, 6) is -0.461. The first kappa shape index (κ1) is 16.4. The second kappa shape index (κ2) is 6.69. The van der Waals surface area contributed by atoms with Crippen LogP contribution >= 0.6 is 0 Å². The molecule has 114 valence electrons. The van der Waals surface area contributed by atoms with Crippen molar-refractivity contribution in [1.82, 2.24) is 15.1 Å². The molecule has 0 radical (unpaired) electrons. The fourth-order valence-electron chi connectivity index (χ4n) is 1.92. The van der Waals surface area contributed by atoms with Gasteiger partial charge in [0.15, 0.2) is 0 Å². The maximum atomic E-state index is 12.0. The molecule has 1 heterocycles. The van der Waals surface area contributed by atoms with Gasteiger partial charge in [0.05, 0.1) is 13.0 Å². The Morgan fingerprint density at radius 3 is 2.50 bits per heavy atom. The molecular weight excluding hydrogens is 262 g/mol. The summed E-state index contributed by atoms with van der Waals surface area (Å²) >= 11 is 0. The third-order valence-electron chi connectivity index (χ3n) is 3.15. The molecule has 0 aromatic rings. The van der Waals surface area contributed by atoms with Crippen molar-refractivity contribution in [3.63, 3.8) is 0 Å². The third kappa shape index (κ3) is 4.19. The van der Waals surface area contributed by atoms with Crippen LogP contribution in [0.15, 0.2) is 0 Å². The molecule has 7 heteroatoms. The van der Waals surface area contributed by atoms with Crippen molar-refractivity contribution < 1.29 is 19.1 Å². The maximum absolute atomic E-state index is 12.0. The molecule has 1 saturated heterocycles. The number of hydrogen-bond donors (Lipinski definition) is 1. The van der Waals surface area contributed by atoms with Gasteiger partial charge in [-0.25, -0.2) is 4.79 Å². The Morgan fingerprint density at radius 2 is 2.00 bits per heavy atom. The van der Waals surface area contributed by atoms with Gasteiger partial charge in [0.1, 0.15) is 5.54 Å². The molecule has 20 heavy (non-hydrogen) atoms. The highest BCUT2D eigenvalue weighted by Gasteiger charge is 2.43. The van der Waals surface area contributed by atoms with Crippen molar-refractivity contribution >= 4 is 17.9 Å². The lowest BCUT2D eigenvalue weighted by Crippen LogP contribution is -2.41. The van der Waals surface area contributed by atoms with E-state index < -0.39 is 5.54 Å². The molecule has 0 atom stereocenters. The van der Waals surface area contributed by atoms with Gasteiger partial charge in [-0.15, -0.1) is 0 Å². The van der Waals surface area contributed by atoms with E-state index in [1.807, 2.05) is 11.9 Å². The molecule has 1 aliphatic rings. The Labute approximate surface area is 119 Å². The lowest BCUT2D eigenvalue weighted by Gasteiger charge is -2.20. The van der Waals surface area contributed by atoms with Crippen molar-refractivity contribution in [2.45, 2.75) is 32.7 Å². The molecule has 0 aromatic carbocycles. The molecule has 0 bridgehead atoms. The number of imide groups is 1. The first-order chi connectivity index (χ1) is 9.27. The predicted molar refractivity (Wildman–Crippen MR) is 73.1 cm³/mol. The Morgan fingerprint density at radius 1 is 1.35 bits per heavy atom. The van der Waals surface area contributed by atoms with Crippen molar-refractivity contribution in [3.8, 4) is 0 Å². The Hall–Kier alpha value is -1.63. The number of hydrogen-bond acceptors (Lipinski definition) is 5. The van der Waals surface area contributed by atoms with Crippen molar-refractivity contribution in [3.05, 3.63) is 0 Å². The molecule has 0 spiro atoms. The van der Waals surface area contributed by atoms with Gasteiger partial charge in [-0.2, -0.15) is 0 Å². The number of urea groups is 1. The van der Waals surface area contributed by atoms with E-state index in [4.69, 9.17) is 4.74 Å². The first-order valence-electron chi connectivity index (χ1n) is 6.76. The second-order valence-corrected chi connectivity index (χ2v) is 5.37. The quantitative estimate of drug-likeness (QED) is 0.534. The minimum absolute atomic E-state index is 0.221. The molecule has 7 nitrogen and oxygen atoms in total. The van der Waals surface area contributed by atoms with Crippen LogP contribution in [0.4, 0.5) is 4.79 Å². The normalized spacial score (nSPS) is 17.6. The van der Waals surface area contributed by atoms with Gasteiger partial charge < -0.3 is 15.0 Å². The number of likely N-dealkylation sites (N-methyl/N-ethyl adjacent to an activating group) is 1. The molecule has 0 aliphatic carbocycles. The monoisotopic (exact) mass is 285 g/mol. The van der Waals surface area contributed by atoms with E-state index in [0.717, 1.165) is 0 Å². The first-order valence-corrected chi connectivity index (χ1v) is 6.76. The number of ether oxygens (including phenoxy) is 1. The number of esters is 1. The number of amides is 3. The van der Waals surface area contributed by atoms with E-state index in [1.54, 1.807) is 20.8 Å². The largest absolute Gasteiger partial charge is 0.466 e. The van der Waals surface area contributed by atoms with Gasteiger partial charge in [-0.1, -0.05) is 0 Å². The molecule has 1 rings (SSSR count). The SMILES string of the molecule is CCOC(=O)CCN(C)CCN1C(=O)NC(C)(C)C1=O. The molecule has 1 N–H and O–H groups in total. The predicted octanol–water partition coefficient (Wildman–Crippen LogP) is 0.202. The number of carbonyl (C=O) groups excluding carboxylic acids is 3. The molecule has 1 fully saturated rings. The van der Waals surface area contributed by atoms with Crippen LogP contribution in [0.5, 0.6) is 0 Å². The van der Waals surface area contributed by atoms with Gasteiger partial charge in [0.2, 0.25) is 0 Å². The van der Waals surface area contributed by atoms with E-state index >= 15 is 0 Å². The van der Waals surface area contributed by atoms with Crippen LogP contribution in [0.3, 0.4) is 0 Å². The number of rotatable bonds is 7. The molecular formula is C13H23N3O4. The fraction of sp³-hybridized carbons (Fsp3) is 0.769. The van der Waals surface area contributed by atoms with Gasteiger partial charge >= 0.3 is 12.0 Å². The van der Waals surface area contributed by atoms with Gasteiger partial charge in [0, 0.05) is 19.6 Å². The standard InChI is InChI=1S/C13H23N3O4/c1-5-20-10(17)6-7-15(4)8-9-16-11(18)13(2,3)14-12(16)19/h5-9H2,1-4H3,(H,14,19). The topological polar surface area (TPSA) is 79.0 Å². The van der Waals surface area contributed by atoms with Crippen LogP contribution in [0.1, 0.15) is 27.2 Å². The zero-order valence-electron chi connectivity index (χ0n) is 12.6. The summed E-state index contributed by atoms with van der Waals surface area (Å²) in [7, 11) is 1.84. The van der Waals surface area contributed by atoms with E-state index in [9.17, 15) is 14.4 Å². The molecule has 0 aromatic heterocycles. The Kier molecular flexibility index (Phi) is 5.50. The summed E-state index contributed by atoms with van der Waals surface area (Å²) in [5.41, 5.74) is -0.833. The van der Waals surface area contributed by atoms with Crippen molar-refractivity contribution in [2.24, 2.45) is 0 Å². The number of nitrogens with zero attached hydrogens (tertiary/aromatic N) is 2. The second-order valence-electron chi connectivity index (χ2n) is 5.37. The molecule has 3 amide bonds. The smallest absolute Gasteiger partial charge is 0.325 e. The lowest BCUT2D eigenvalue weighted by molar-refractivity contribution is -0.143. The van der Waals surface area contributed by atoms with Gasteiger partial charge in [-0.05, 0) is 27.8 Å². The summed E-state index contributed by atoms with van der Waals surface area (Å²) < 4.78 is 4.84. The van der Waals surface area contributed by atoms with Crippen molar-refractivity contribution in [2.75, 3.05) is 33.3 Å².